The van der Waals surface area contributed by atoms with Gasteiger partial charge in [-0.15, -0.1) is 0 Å². The number of anilines is 1. The normalized spacial score (nSPS) is 14.2. The largest absolute Gasteiger partial charge is 0.359 e. The van der Waals surface area contributed by atoms with Crippen LogP contribution in [0.4, 0.5) is 11.4 Å². The van der Waals surface area contributed by atoms with Crippen LogP contribution < -0.4 is 5.32 Å². The third-order valence-corrected chi connectivity index (χ3v) is 6.26. The highest BCUT2D eigenvalue weighted by molar-refractivity contribution is 5.80. The summed E-state index contributed by atoms with van der Waals surface area (Å²) in [6.07, 6.45) is 1.69. The molecular formula is C27H22N6O2. The molecule has 1 atom stereocenters. The number of nitro benzene ring substituents is 1. The van der Waals surface area contributed by atoms with Crippen molar-refractivity contribution in [3.63, 3.8) is 0 Å². The number of benzene rings is 3. The van der Waals surface area contributed by atoms with E-state index in [2.05, 4.69) is 36.5 Å². The van der Waals surface area contributed by atoms with Gasteiger partial charge in [0.1, 0.15) is 0 Å². The number of hydrogen-bond donors (Lipinski definition) is 1. The molecule has 1 aliphatic rings. The average Bonchev–Trinajstić information content (AvgIpc) is 3.48. The summed E-state index contributed by atoms with van der Waals surface area (Å²) >= 11 is 0. The molecule has 2 aromatic heterocycles. The van der Waals surface area contributed by atoms with Gasteiger partial charge in [0.15, 0.2) is 6.17 Å². The van der Waals surface area contributed by atoms with E-state index in [1.165, 1.54) is 17.7 Å². The van der Waals surface area contributed by atoms with E-state index in [0.29, 0.717) is 0 Å². The predicted octanol–water partition coefficient (Wildman–Crippen LogP) is 5.90. The lowest BCUT2D eigenvalue weighted by Crippen LogP contribution is -2.26. The fourth-order valence-corrected chi connectivity index (χ4v) is 4.59. The number of aryl methyl sites for hydroxylation is 2. The van der Waals surface area contributed by atoms with Crippen molar-refractivity contribution in [3.05, 3.63) is 112 Å². The van der Waals surface area contributed by atoms with Crippen molar-refractivity contribution >= 4 is 11.4 Å². The van der Waals surface area contributed by atoms with Crippen LogP contribution in [0.1, 0.15) is 23.0 Å². The molecule has 0 fully saturated rings. The zero-order chi connectivity index (χ0) is 24.1. The summed E-state index contributed by atoms with van der Waals surface area (Å²) in [5.41, 5.74) is 8.67. The quantitative estimate of drug-likeness (QED) is 0.265. The minimum absolute atomic E-state index is 0.0443. The minimum atomic E-state index is -0.395. The van der Waals surface area contributed by atoms with Crippen molar-refractivity contribution in [3.8, 4) is 28.2 Å². The Morgan fingerprint density at radius 3 is 2.46 bits per heavy atom. The van der Waals surface area contributed by atoms with E-state index in [9.17, 15) is 10.1 Å². The zero-order valence-electron chi connectivity index (χ0n) is 19.2. The van der Waals surface area contributed by atoms with Gasteiger partial charge >= 0.3 is 0 Å². The number of rotatable bonds is 4. The van der Waals surface area contributed by atoms with Crippen LogP contribution in [-0.4, -0.2) is 24.5 Å². The van der Waals surface area contributed by atoms with E-state index in [1.807, 2.05) is 52.8 Å². The Hall–Kier alpha value is -4.72. The molecule has 0 aliphatic carbocycles. The molecular weight excluding hydrogens is 440 g/mol. The molecule has 6 rings (SSSR count). The molecule has 3 aromatic carbocycles. The van der Waals surface area contributed by atoms with E-state index < -0.39 is 4.92 Å². The summed E-state index contributed by atoms with van der Waals surface area (Å²) in [5, 5.41) is 24.6. The van der Waals surface area contributed by atoms with Crippen LogP contribution in [0.15, 0.2) is 85.1 Å². The van der Waals surface area contributed by atoms with Crippen molar-refractivity contribution in [2.24, 2.45) is 0 Å². The molecule has 8 nitrogen and oxygen atoms in total. The molecule has 0 bridgehead atoms. The first-order valence-corrected chi connectivity index (χ1v) is 11.3. The fraction of sp³-hybridized carbons (Fsp3) is 0.111. The smallest absolute Gasteiger partial charge is 0.269 e. The Kier molecular flexibility index (Phi) is 4.74. The highest BCUT2D eigenvalue weighted by Gasteiger charge is 2.30. The second kappa shape index (κ2) is 7.95. The molecule has 0 spiro atoms. The van der Waals surface area contributed by atoms with Crippen molar-refractivity contribution in [2.45, 2.75) is 20.0 Å². The zero-order valence-corrected chi connectivity index (χ0v) is 19.2. The van der Waals surface area contributed by atoms with Gasteiger partial charge in [0, 0.05) is 40.7 Å². The number of nitro groups is 1. The van der Waals surface area contributed by atoms with E-state index in [4.69, 9.17) is 10.2 Å². The lowest BCUT2D eigenvalue weighted by atomic mass is 10.0. The Labute approximate surface area is 201 Å². The molecule has 0 saturated carbocycles. The molecule has 0 saturated heterocycles. The van der Waals surface area contributed by atoms with Gasteiger partial charge in [0.2, 0.25) is 0 Å². The van der Waals surface area contributed by atoms with Crippen LogP contribution in [0.25, 0.3) is 28.2 Å². The first-order chi connectivity index (χ1) is 17.0. The standard InChI is InChI=1S/C27H22N6O2/c1-17-8-13-24-22(14-17)25-15-18(2)29-32(25)27(28-24)23-16-31(20-6-4-3-5-7-20)30-26(23)19-9-11-21(12-10-19)33(34)35/h3-16,27-28H,1-2H3. The number of aromatic nitrogens is 4. The topological polar surface area (TPSA) is 90.8 Å². The third kappa shape index (κ3) is 3.56. The summed E-state index contributed by atoms with van der Waals surface area (Å²) in [5.74, 6) is 0. The molecule has 8 heteroatoms. The maximum absolute atomic E-state index is 11.2. The lowest BCUT2D eigenvalue weighted by molar-refractivity contribution is -0.384. The second-order valence-corrected chi connectivity index (χ2v) is 8.73. The number of nitrogens with one attached hydrogen (secondary N) is 1. The highest BCUT2D eigenvalue weighted by atomic mass is 16.6. The highest BCUT2D eigenvalue weighted by Crippen LogP contribution is 2.41. The number of non-ortho nitro benzene ring substituents is 1. The first kappa shape index (κ1) is 20.9. The number of hydrogen-bond acceptors (Lipinski definition) is 5. The maximum atomic E-state index is 11.2. The number of para-hydroxylation sites is 1. The fourth-order valence-electron chi connectivity index (χ4n) is 4.59. The molecule has 3 heterocycles. The van der Waals surface area contributed by atoms with Gasteiger partial charge < -0.3 is 5.32 Å². The summed E-state index contributed by atoms with van der Waals surface area (Å²) in [6, 6.07) is 24.8. The summed E-state index contributed by atoms with van der Waals surface area (Å²) in [6.45, 7) is 4.07. The van der Waals surface area contributed by atoms with Gasteiger partial charge in [-0.2, -0.15) is 10.2 Å². The van der Waals surface area contributed by atoms with Gasteiger partial charge in [0.25, 0.3) is 5.69 Å². The minimum Gasteiger partial charge on any atom is -0.359 e. The van der Waals surface area contributed by atoms with Crippen LogP contribution >= 0.6 is 0 Å². The van der Waals surface area contributed by atoms with Crippen molar-refractivity contribution in [1.82, 2.24) is 19.6 Å². The summed E-state index contributed by atoms with van der Waals surface area (Å²) < 4.78 is 3.84. The molecule has 0 amide bonds. The van der Waals surface area contributed by atoms with Gasteiger partial charge in [-0.3, -0.25) is 10.1 Å². The monoisotopic (exact) mass is 462 g/mol. The Morgan fingerprint density at radius 2 is 1.71 bits per heavy atom. The van der Waals surface area contributed by atoms with Crippen LogP contribution in [0, 0.1) is 24.0 Å². The van der Waals surface area contributed by atoms with Gasteiger partial charge in [0.05, 0.1) is 27.7 Å². The Balaban J connectivity index is 1.54. The van der Waals surface area contributed by atoms with E-state index in [-0.39, 0.29) is 11.9 Å². The Bertz CT molecular complexity index is 1570. The molecule has 1 unspecified atom stereocenters. The maximum Gasteiger partial charge on any atom is 0.269 e. The lowest BCUT2D eigenvalue weighted by Gasteiger charge is -2.29. The van der Waals surface area contributed by atoms with Crippen LogP contribution in [-0.2, 0) is 0 Å². The van der Waals surface area contributed by atoms with E-state index in [0.717, 1.165) is 45.1 Å². The summed E-state index contributed by atoms with van der Waals surface area (Å²) in [7, 11) is 0. The average molecular weight is 463 g/mol. The summed E-state index contributed by atoms with van der Waals surface area (Å²) in [4.78, 5) is 10.8. The van der Waals surface area contributed by atoms with Gasteiger partial charge in [-0.1, -0.05) is 29.8 Å². The second-order valence-electron chi connectivity index (χ2n) is 8.73. The van der Waals surface area contributed by atoms with Crippen molar-refractivity contribution in [1.29, 1.82) is 0 Å². The molecule has 172 valence electrons. The van der Waals surface area contributed by atoms with E-state index in [1.54, 1.807) is 12.1 Å². The van der Waals surface area contributed by atoms with Crippen LogP contribution in [0.3, 0.4) is 0 Å². The van der Waals surface area contributed by atoms with Crippen molar-refractivity contribution in [2.75, 3.05) is 5.32 Å². The van der Waals surface area contributed by atoms with Gasteiger partial charge in [-0.25, -0.2) is 9.36 Å². The Morgan fingerprint density at radius 1 is 0.943 bits per heavy atom. The molecule has 0 radical (unpaired) electrons. The van der Waals surface area contributed by atoms with Gasteiger partial charge in [-0.05, 0) is 56.3 Å². The molecule has 35 heavy (non-hydrogen) atoms. The molecule has 1 aliphatic heterocycles. The number of nitrogens with zero attached hydrogens (tertiary/aromatic N) is 5. The first-order valence-electron chi connectivity index (χ1n) is 11.3. The number of fused-ring (bicyclic) bond motifs is 3. The molecule has 5 aromatic rings. The third-order valence-electron chi connectivity index (χ3n) is 6.26. The van der Waals surface area contributed by atoms with E-state index >= 15 is 0 Å². The molecule has 1 N–H and O–H groups in total. The van der Waals surface area contributed by atoms with Crippen LogP contribution in [0.2, 0.25) is 0 Å². The van der Waals surface area contributed by atoms with Crippen LogP contribution in [0.5, 0.6) is 0 Å². The van der Waals surface area contributed by atoms with Crippen molar-refractivity contribution < 1.29 is 4.92 Å². The SMILES string of the molecule is Cc1ccc2c(c1)-c1cc(C)nn1C(c1cn(-c3ccccc3)nc1-c1ccc([N+](=O)[O-])cc1)N2. The predicted molar refractivity (Wildman–Crippen MR) is 135 cm³/mol.